The van der Waals surface area contributed by atoms with Crippen LogP contribution in [0.2, 0.25) is 0 Å². The van der Waals surface area contributed by atoms with Gasteiger partial charge in [-0.2, -0.15) is 0 Å². The molecule has 0 aliphatic carbocycles. The molecule has 2 aromatic rings. The number of aromatic nitrogens is 1. The molecule has 96 valence electrons. The largest absolute Gasteiger partial charge is 0.494 e. The number of hydrogen-bond donors (Lipinski definition) is 1. The number of aryl methyl sites for hydroxylation is 1. The highest BCUT2D eigenvalue weighted by molar-refractivity contribution is 5.62. The fourth-order valence-electron chi connectivity index (χ4n) is 2.16. The standard InChI is InChI=1S/C15H20N2O/c1-3-18-14-6-4-5-13(11-14)15-8-7-12(2)17(15)10-9-16/h4-8,11H,3,9-10,16H2,1-2H3. The maximum absolute atomic E-state index is 5.67. The normalized spacial score (nSPS) is 10.6. The van der Waals surface area contributed by atoms with E-state index < -0.39 is 0 Å². The summed E-state index contributed by atoms with van der Waals surface area (Å²) in [5.74, 6) is 0.910. The van der Waals surface area contributed by atoms with Crippen molar-refractivity contribution in [2.24, 2.45) is 5.73 Å². The molecule has 0 aliphatic heterocycles. The Morgan fingerprint density at radius 3 is 2.78 bits per heavy atom. The van der Waals surface area contributed by atoms with Crippen LogP contribution in [0.4, 0.5) is 0 Å². The lowest BCUT2D eigenvalue weighted by molar-refractivity contribution is 0.340. The quantitative estimate of drug-likeness (QED) is 0.878. The molecule has 1 heterocycles. The monoisotopic (exact) mass is 244 g/mol. The first kappa shape index (κ1) is 12.7. The Hall–Kier alpha value is -1.74. The van der Waals surface area contributed by atoms with E-state index in [1.165, 1.54) is 17.0 Å². The third kappa shape index (κ3) is 2.57. The maximum Gasteiger partial charge on any atom is 0.119 e. The van der Waals surface area contributed by atoms with Crippen LogP contribution < -0.4 is 10.5 Å². The van der Waals surface area contributed by atoms with Gasteiger partial charge < -0.3 is 15.0 Å². The van der Waals surface area contributed by atoms with Gasteiger partial charge in [0.25, 0.3) is 0 Å². The van der Waals surface area contributed by atoms with Crippen LogP contribution in [-0.2, 0) is 6.54 Å². The van der Waals surface area contributed by atoms with E-state index in [0.717, 1.165) is 12.3 Å². The van der Waals surface area contributed by atoms with E-state index >= 15 is 0 Å². The molecule has 1 aromatic heterocycles. The number of nitrogens with zero attached hydrogens (tertiary/aromatic N) is 1. The first-order valence-electron chi connectivity index (χ1n) is 6.35. The Labute approximate surface area is 108 Å². The molecule has 0 bridgehead atoms. The number of hydrogen-bond acceptors (Lipinski definition) is 2. The predicted octanol–water partition coefficient (Wildman–Crippen LogP) is 2.82. The first-order chi connectivity index (χ1) is 8.76. The van der Waals surface area contributed by atoms with Crippen molar-refractivity contribution in [2.45, 2.75) is 20.4 Å². The van der Waals surface area contributed by atoms with Gasteiger partial charge in [-0.25, -0.2) is 0 Å². The molecule has 0 atom stereocenters. The van der Waals surface area contributed by atoms with Crippen molar-refractivity contribution in [1.29, 1.82) is 0 Å². The van der Waals surface area contributed by atoms with Gasteiger partial charge in [-0.1, -0.05) is 12.1 Å². The summed E-state index contributed by atoms with van der Waals surface area (Å²) in [6.07, 6.45) is 0. The fraction of sp³-hybridized carbons (Fsp3) is 0.333. The van der Waals surface area contributed by atoms with Crippen molar-refractivity contribution in [2.75, 3.05) is 13.2 Å². The maximum atomic E-state index is 5.67. The Balaban J connectivity index is 2.38. The topological polar surface area (TPSA) is 40.2 Å². The second-order valence-corrected chi connectivity index (χ2v) is 4.26. The smallest absolute Gasteiger partial charge is 0.119 e. The summed E-state index contributed by atoms with van der Waals surface area (Å²) in [6.45, 7) is 6.27. The summed E-state index contributed by atoms with van der Waals surface area (Å²) >= 11 is 0. The zero-order valence-corrected chi connectivity index (χ0v) is 11.0. The van der Waals surface area contributed by atoms with Gasteiger partial charge in [0.15, 0.2) is 0 Å². The van der Waals surface area contributed by atoms with Crippen molar-refractivity contribution >= 4 is 0 Å². The van der Waals surface area contributed by atoms with Crippen LogP contribution in [0, 0.1) is 6.92 Å². The van der Waals surface area contributed by atoms with E-state index in [0.29, 0.717) is 13.2 Å². The van der Waals surface area contributed by atoms with E-state index in [1.54, 1.807) is 0 Å². The van der Waals surface area contributed by atoms with Crippen molar-refractivity contribution in [1.82, 2.24) is 4.57 Å². The second kappa shape index (κ2) is 5.74. The summed E-state index contributed by atoms with van der Waals surface area (Å²) in [7, 11) is 0. The van der Waals surface area contributed by atoms with Crippen molar-refractivity contribution < 1.29 is 4.74 Å². The predicted molar refractivity (Wildman–Crippen MR) is 74.8 cm³/mol. The molecule has 0 amide bonds. The summed E-state index contributed by atoms with van der Waals surface area (Å²) in [5, 5.41) is 0. The van der Waals surface area contributed by atoms with Gasteiger partial charge >= 0.3 is 0 Å². The molecule has 0 unspecified atom stereocenters. The van der Waals surface area contributed by atoms with E-state index in [-0.39, 0.29) is 0 Å². The highest BCUT2D eigenvalue weighted by atomic mass is 16.5. The van der Waals surface area contributed by atoms with Gasteiger partial charge in [0.1, 0.15) is 5.75 Å². The molecular weight excluding hydrogens is 224 g/mol. The van der Waals surface area contributed by atoms with Gasteiger partial charge in [0.2, 0.25) is 0 Å². The molecule has 2 rings (SSSR count). The van der Waals surface area contributed by atoms with Gasteiger partial charge in [0.05, 0.1) is 6.61 Å². The Kier molecular flexibility index (Phi) is 4.05. The lowest BCUT2D eigenvalue weighted by Crippen LogP contribution is -2.11. The van der Waals surface area contributed by atoms with Crippen LogP contribution in [0.15, 0.2) is 36.4 Å². The van der Waals surface area contributed by atoms with Crippen molar-refractivity contribution in [3.8, 4) is 17.0 Å². The van der Waals surface area contributed by atoms with E-state index in [9.17, 15) is 0 Å². The first-order valence-corrected chi connectivity index (χ1v) is 6.35. The lowest BCUT2D eigenvalue weighted by Gasteiger charge is -2.11. The highest BCUT2D eigenvalue weighted by Gasteiger charge is 2.07. The molecule has 0 saturated heterocycles. The molecule has 0 radical (unpaired) electrons. The number of rotatable bonds is 5. The van der Waals surface area contributed by atoms with Crippen LogP contribution in [0.5, 0.6) is 5.75 Å². The Bertz CT molecular complexity index is 517. The van der Waals surface area contributed by atoms with Gasteiger partial charge in [-0.3, -0.25) is 0 Å². The zero-order valence-electron chi connectivity index (χ0n) is 11.0. The molecule has 0 saturated carbocycles. The molecule has 2 N–H and O–H groups in total. The zero-order chi connectivity index (χ0) is 13.0. The van der Waals surface area contributed by atoms with Crippen LogP contribution in [0.25, 0.3) is 11.3 Å². The number of benzene rings is 1. The highest BCUT2D eigenvalue weighted by Crippen LogP contribution is 2.25. The Morgan fingerprint density at radius 1 is 1.22 bits per heavy atom. The van der Waals surface area contributed by atoms with E-state index in [1.807, 2.05) is 19.1 Å². The van der Waals surface area contributed by atoms with Gasteiger partial charge in [-0.15, -0.1) is 0 Å². The fourth-order valence-corrected chi connectivity index (χ4v) is 2.16. The molecule has 3 heteroatoms. The molecule has 0 fully saturated rings. The summed E-state index contributed by atoms with van der Waals surface area (Å²) in [4.78, 5) is 0. The van der Waals surface area contributed by atoms with E-state index in [4.69, 9.17) is 10.5 Å². The average molecular weight is 244 g/mol. The van der Waals surface area contributed by atoms with Crippen LogP contribution in [0.3, 0.4) is 0 Å². The third-order valence-electron chi connectivity index (χ3n) is 2.99. The minimum absolute atomic E-state index is 0.646. The van der Waals surface area contributed by atoms with E-state index in [2.05, 4.69) is 35.8 Å². The van der Waals surface area contributed by atoms with Gasteiger partial charge in [-0.05, 0) is 38.1 Å². The minimum Gasteiger partial charge on any atom is -0.494 e. The lowest BCUT2D eigenvalue weighted by atomic mass is 10.1. The Morgan fingerprint density at radius 2 is 2.06 bits per heavy atom. The summed E-state index contributed by atoms with van der Waals surface area (Å²) < 4.78 is 7.78. The SMILES string of the molecule is CCOc1cccc(-c2ccc(C)n2CCN)c1. The van der Waals surface area contributed by atoms with Gasteiger partial charge in [0, 0.05) is 30.0 Å². The molecular formula is C15H20N2O. The van der Waals surface area contributed by atoms with Crippen LogP contribution in [0.1, 0.15) is 12.6 Å². The van der Waals surface area contributed by atoms with Crippen molar-refractivity contribution in [3.63, 3.8) is 0 Å². The minimum atomic E-state index is 0.646. The van der Waals surface area contributed by atoms with Crippen LogP contribution in [-0.4, -0.2) is 17.7 Å². The van der Waals surface area contributed by atoms with Crippen molar-refractivity contribution in [3.05, 3.63) is 42.1 Å². The molecule has 0 aliphatic rings. The summed E-state index contributed by atoms with van der Waals surface area (Å²) in [5.41, 5.74) is 9.26. The summed E-state index contributed by atoms with van der Waals surface area (Å²) in [6, 6.07) is 12.4. The molecule has 3 nitrogen and oxygen atoms in total. The van der Waals surface area contributed by atoms with Crippen LogP contribution >= 0.6 is 0 Å². The molecule has 0 spiro atoms. The molecule has 1 aromatic carbocycles. The average Bonchev–Trinajstić information content (AvgIpc) is 2.73. The number of ether oxygens (including phenoxy) is 1. The molecule has 18 heavy (non-hydrogen) atoms. The third-order valence-corrected chi connectivity index (χ3v) is 2.99. The number of nitrogens with two attached hydrogens (primary N) is 1. The second-order valence-electron chi connectivity index (χ2n) is 4.26.